The molecule has 4 atom stereocenters. The lowest BCUT2D eigenvalue weighted by molar-refractivity contribution is -0.384. The number of amides is 2. The number of esters is 1. The topological polar surface area (TPSA) is 147 Å². The highest BCUT2D eigenvalue weighted by Gasteiger charge is 2.53. The molecule has 0 aliphatic carbocycles. The number of nitro benzene ring substituents is 1. The predicted octanol–water partition coefficient (Wildman–Crippen LogP) is 5.87. The van der Waals surface area contributed by atoms with Crippen LogP contribution >= 0.6 is 23.2 Å². The molecular weight excluding hydrogens is 693 g/mol. The molecule has 2 amide bonds. The highest BCUT2D eigenvalue weighted by Crippen LogP contribution is 2.32. The SMILES string of the molecule is C=C(CCl)C(C(=O)OCc1ccc(OC)cc1)N1C(=O)C(NC(=O)C(O[Si](C)(C)C)c2ccc(OCc3ccc([N+](=O)[O-])cc3)cc2)C1Cl. The number of alkyl halides is 2. The summed E-state index contributed by atoms with van der Waals surface area (Å²) in [5, 5.41) is 13.6. The van der Waals surface area contributed by atoms with Gasteiger partial charge in [0.25, 0.3) is 17.5 Å². The van der Waals surface area contributed by atoms with Gasteiger partial charge in [0, 0.05) is 18.0 Å². The number of non-ortho nitro benzene ring substituents is 1. The van der Waals surface area contributed by atoms with Crippen molar-refractivity contribution in [2.75, 3.05) is 13.0 Å². The molecule has 49 heavy (non-hydrogen) atoms. The van der Waals surface area contributed by atoms with Crippen molar-refractivity contribution in [3.63, 3.8) is 0 Å². The number of nitrogens with one attached hydrogen (secondary N) is 1. The van der Waals surface area contributed by atoms with Crippen LogP contribution in [0, 0.1) is 10.1 Å². The van der Waals surface area contributed by atoms with E-state index in [2.05, 4.69) is 11.9 Å². The first-order valence-electron chi connectivity index (χ1n) is 15.2. The Bertz CT molecular complexity index is 1670. The van der Waals surface area contributed by atoms with Crippen molar-refractivity contribution < 1.29 is 37.9 Å². The Morgan fingerprint density at radius 1 is 0.980 bits per heavy atom. The van der Waals surface area contributed by atoms with Crippen LogP contribution in [0.2, 0.25) is 19.6 Å². The summed E-state index contributed by atoms with van der Waals surface area (Å²) >= 11 is 12.6. The number of nitro groups is 1. The molecule has 0 aromatic heterocycles. The van der Waals surface area contributed by atoms with Crippen LogP contribution < -0.4 is 14.8 Å². The second kappa shape index (κ2) is 16.3. The smallest absolute Gasteiger partial charge is 0.333 e. The molecule has 0 bridgehead atoms. The van der Waals surface area contributed by atoms with E-state index in [-0.39, 0.29) is 30.4 Å². The number of ether oxygens (including phenoxy) is 3. The number of hydrogen-bond donors (Lipinski definition) is 1. The average molecular weight is 731 g/mol. The Morgan fingerprint density at radius 3 is 2.08 bits per heavy atom. The zero-order chi connectivity index (χ0) is 35.9. The largest absolute Gasteiger partial charge is 0.497 e. The Labute approximate surface area is 295 Å². The molecule has 1 fully saturated rings. The quantitative estimate of drug-likeness (QED) is 0.0279. The number of rotatable bonds is 16. The molecular formula is C34H37Cl2N3O9Si. The fourth-order valence-electron chi connectivity index (χ4n) is 4.86. The van der Waals surface area contributed by atoms with E-state index in [0.717, 1.165) is 10.5 Å². The van der Waals surface area contributed by atoms with Gasteiger partial charge in [-0.3, -0.25) is 19.7 Å². The Hall–Kier alpha value is -4.43. The van der Waals surface area contributed by atoms with Gasteiger partial charge in [-0.2, -0.15) is 0 Å². The molecule has 3 aromatic rings. The summed E-state index contributed by atoms with van der Waals surface area (Å²) in [6, 6.07) is 17.3. The van der Waals surface area contributed by atoms with Gasteiger partial charge in [0.05, 0.1) is 12.0 Å². The first-order chi connectivity index (χ1) is 23.2. The molecule has 0 saturated carbocycles. The van der Waals surface area contributed by atoms with E-state index < -0.39 is 54.7 Å². The molecule has 3 aromatic carbocycles. The lowest BCUT2D eigenvalue weighted by Gasteiger charge is -2.47. The van der Waals surface area contributed by atoms with Gasteiger partial charge in [-0.1, -0.05) is 42.4 Å². The Kier molecular flexibility index (Phi) is 12.4. The molecule has 260 valence electrons. The number of carbonyl (C=O) groups is 3. The van der Waals surface area contributed by atoms with Crippen LogP contribution in [0.15, 0.2) is 84.9 Å². The van der Waals surface area contributed by atoms with Crippen LogP contribution in [0.1, 0.15) is 22.8 Å². The van der Waals surface area contributed by atoms with E-state index in [9.17, 15) is 24.5 Å². The zero-order valence-electron chi connectivity index (χ0n) is 27.4. The number of β-lactam (4-membered cyclic amide) rings is 1. The van der Waals surface area contributed by atoms with Crippen molar-refractivity contribution in [1.82, 2.24) is 10.2 Å². The number of carbonyl (C=O) groups excluding carboxylic acids is 3. The van der Waals surface area contributed by atoms with Crippen molar-refractivity contribution in [1.29, 1.82) is 0 Å². The third kappa shape index (κ3) is 9.60. The molecule has 0 spiro atoms. The maximum absolute atomic E-state index is 13.6. The number of benzene rings is 3. The lowest BCUT2D eigenvalue weighted by Crippen LogP contribution is -2.72. The van der Waals surface area contributed by atoms with Crippen molar-refractivity contribution >= 4 is 55.0 Å². The van der Waals surface area contributed by atoms with Crippen LogP contribution in [-0.4, -0.2) is 66.5 Å². The average Bonchev–Trinajstić information content (AvgIpc) is 3.09. The fourth-order valence-corrected chi connectivity index (χ4v) is 6.33. The minimum atomic E-state index is -2.30. The third-order valence-corrected chi connectivity index (χ3v) is 9.15. The summed E-state index contributed by atoms with van der Waals surface area (Å²) < 4.78 is 22.7. The van der Waals surface area contributed by atoms with E-state index in [4.69, 9.17) is 41.8 Å². The minimum absolute atomic E-state index is 0.0135. The van der Waals surface area contributed by atoms with Crippen LogP contribution in [0.3, 0.4) is 0 Å². The van der Waals surface area contributed by atoms with Crippen molar-refractivity contribution in [2.45, 2.75) is 56.5 Å². The Balaban J connectivity index is 1.41. The first-order valence-corrected chi connectivity index (χ1v) is 19.5. The highest BCUT2D eigenvalue weighted by molar-refractivity contribution is 6.69. The summed E-state index contributed by atoms with van der Waals surface area (Å²) in [5.74, 6) is -0.932. The van der Waals surface area contributed by atoms with Crippen molar-refractivity contribution in [2.24, 2.45) is 0 Å². The van der Waals surface area contributed by atoms with E-state index in [0.29, 0.717) is 22.6 Å². The molecule has 1 aliphatic rings. The summed E-state index contributed by atoms with van der Waals surface area (Å²) in [7, 11) is -0.757. The molecule has 1 saturated heterocycles. The second-order valence-corrected chi connectivity index (χ2v) is 17.3. The normalized spacial score (nSPS) is 16.9. The molecule has 1 aliphatic heterocycles. The van der Waals surface area contributed by atoms with E-state index >= 15 is 0 Å². The van der Waals surface area contributed by atoms with Gasteiger partial charge < -0.3 is 28.9 Å². The van der Waals surface area contributed by atoms with Crippen molar-refractivity contribution in [3.05, 3.63) is 112 Å². The van der Waals surface area contributed by atoms with Gasteiger partial charge in [0.15, 0.2) is 14.4 Å². The molecule has 15 heteroatoms. The van der Waals surface area contributed by atoms with Gasteiger partial charge in [0.2, 0.25) is 0 Å². The number of nitrogens with zero attached hydrogens (tertiary/aromatic N) is 2. The molecule has 4 unspecified atom stereocenters. The van der Waals surface area contributed by atoms with Gasteiger partial charge in [-0.15, -0.1) is 11.6 Å². The minimum Gasteiger partial charge on any atom is -0.497 e. The number of methoxy groups -OCH3 is 1. The van der Waals surface area contributed by atoms with Gasteiger partial charge in [0.1, 0.15) is 42.4 Å². The number of halogens is 2. The summed E-state index contributed by atoms with van der Waals surface area (Å²) in [4.78, 5) is 51.7. The second-order valence-electron chi connectivity index (χ2n) is 12.1. The molecule has 0 radical (unpaired) electrons. The van der Waals surface area contributed by atoms with Crippen LogP contribution in [0.25, 0.3) is 0 Å². The standard InChI is InChI=1S/C34H37Cl2N3O9Si/c1-21(18-35)29(34(42)47-20-23-8-14-26(45-2)15-9-23)38-31(36)28(33(38)41)37-32(40)30(48-49(3,4)5)24-10-16-27(17-11-24)46-19-22-6-12-25(13-7-22)39(43)44/h6-17,28-31H,1,18-20H2,2-5H3,(H,37,40). The predicted molar refractivity (Wildman–Crippen MR) is 186 cm³/mol. The van der Waals surface area contributed by atoms with E-state index in [1.807, 2.05) is 19.6 Å². The van der Waals surface area contributed by atoms with E-state index in [1.54, 1.807) is 67.8 Å². The highest BCUT2D eigenvalue weighted by atomic mass is 35.5. The van der Waals surface area contributed by atoms with Crippen molar-refractivity contribution in [3.8, 4) is 11.5 Å². The molecule has 1 heterocycles. The first kappa shape index (κ1) is 37.4. The Morgan fingerprint density at radius 2 is 1.55 bits per heavy atom. The van der Waals surface area contributed by atoms with Gasteiger partial charge >= 0.3 is 5.97 Å². The zero-order valence-corrected chi connectivity index (χ0v) is 29.9. The maximum Gasteiger partial charge on any atom is 0.333 e. The van der Waals surface area contributed by atoms with Crippen LogP contribution in [0.5, 0.6) is 11.5 Å². The number of hydrogen-bond acceptors (Lipinski definition) is 9. The third-order valence-electron chi connectivity index (χ3n) is 7.40. The van der Waals surface area contributed by atoms with E-state index in [1.165, 1.54) is 12.1 Å². The summed E-state index contributed by atoms with van der Waals surface area (Å²) in [6.45, 7) is 9.73. The lowest BCUT2D eigenvalue weighted by atomic mass is 9.98. The molecule has 1 N–H and O–H groups in total. The number of likely N-dealkylation sites (tertiary alicyclic amines) is 1. The van der Waals surface area contributed by atoms with Crippen LogP contribution in [0.4, 0.5) is 5.69 Å². The maximum atomic E-state index is 13.6. The summed E-state index contributed by atoms with van der Waals surface area (Å²) in [5.41, 5.74) is 1.06. The van der Waals surface area contributed by atoms with Gasteiger partial charge in [-0.25, -0.2) is 4.79 Å². The molecule has 12 nitrogen and oxygen atoms in total. The monoisotopic (exact) mass is 729 g/mol. The summed E-state index contributed by atoms with van der Waals surface area (Å²) in [6.07, 6.45) is -1.07. The fraction of sp³-hybridized carbons (Fsp3) is 0.324. The van der Waals surface area contributed by atoms with Gasteiger partial charge in [-0.05, 0) is 78.3 Å². The molecule has 4 rings (SSSR count). The van der Waals surface area contributed by atoms with Crippen LogP contribution in [-0.2, 0) is 36.8 Å².